The molecular formula is C20H29N3O6. The molecule has 1 aromatic carbocycles. The van der Waals surface area contributed by atoms with Crippen LogP contribution in [0.15, 0.2) is 24.3 Å². The zero-order valence-electron chi connectivity index (χ0n) is 16.6. The van der Waals surface area contributed by atoms with E-state index < -0.39 is 24.8 Å². The van der Waals surface area contributed by atoms with E-state index in [9.17, 15) is 19.5 Å². The number of benzene rings is 1. The molecule has 1 aromatic rings. The lowest BCUT2D eigenvalue weighted by molar-refractivity contribution is -0.148. The van der Waals surface area contributed by atoms with Crippen LogP contribution in [0.4, 0.5) is 5.69 Å². The van der Waals surface area contributed by atoms with Gasteiger partial charge in [-0.3, -0.25) is 25.0 Å². The Bertz CT molecular complexity index is 709. The Morgan fingerprint density at radius 3 is 2.76 bits per heavy atom. The minimum absolute atomic E-state index is 0.134. The molecule has 0 bridgehead atoms. The first-order valence-corrected chi connectivity index (χ1v) is 9.82. The molecule has 0 spiro atoms. The summed E-state index contributed by atoms with van der Waals surface area (Å²) in [5.74, 6) is -1.21. The minimum Gasteiger partial charge on any atom is -0.489 e. The number of amides is 1. The first-order chi connectivity index (χ1) is 13.9. The third kappa shape index (κ3) is 7.35. The maximum atomic E-state index is 12.8. The van der Waals surface area contributed by atoms with E-state index in [1.54, 1.807) is 31.2 Å². The first kappa shape index (κ1) is 22.6. The van der Waals surface area contributed by atoms with Crippen molar-refractivity contribution in [1.29, 1.82) is 0 Å². The Labute approximate surface area is 170 Å². The number of nitrogens with two attached hydrogens (primary N) is 1. The number of aliphatic carboxylic acids is 1. The molecule has 0 aliphatic carbocycles. The second kappa shape index (κ2) is 11.4. The number of fused-ring (bicyclic) bond motifs is 1. The van der Waals surface area contributed by atoms with Crippen LogP contribution in [-0.2, 0) is 19.1 Å². The molecule has 0 saturated heterocycles. The van der Waals surface area contributed by atoms with E-state index >= 15 is 0 Å². The number of carboxylic acid groups (broad SMARTS) is 1. The Morgan fingerprint density at radius 1 is 1.31 bits per heavy atom. The summed E-state index contributed by atoms with van der Waals surface area (Å²) in [5, 5.41) is 12.3. The molecule has 29 heavy (non-hydrogen) atoms. The molecule has 0 fully saturated rings. The van der Waals surface area contributed by atoms with Crippen LogP contribution in [0.3, 0.4) is 0 Å². The van der Waals surface area contributed by atoms with Gasteiger partial charge in [0.2, 0.25) is 5.91 Å². The zero-order valence-corrected chi connectivity index (χ0v) is 16.6. The summed E-state index contributed by atoms with van der Waals surface area (Å²) in [6.07, 6.45) is 3.04. The third-order valence-electron chi connectivity index (χ3n) is 4.43. The number of hydrogen-bond donors (Lipinski definition) is 3. The lowest BCUT2D eigenvalue weighted by atomic mass is 10.1. The fourth-order valence-electron chi connectivity index (χ4n) is 3.09. The second-order valence-corrected chi connectivity index (χ2v) is 6.96. The van der Waals surface area contributed by atoms with Crippen LogP contribution in [0, 0.1) is 0 Å². The summed E-state index contributed by atoms with van der Waals surface area (Å²) < 4.78 is 10.6. The number of para-hydroxylation sites is 2. The van der Waals surface area contributed by atoms with Gasteiger partial charge in [0.15, 0.2) is 0 Å². The average Bonchev–Trinajstić information content (AvgIpc) is 2.78. The van der Waals surface area contributed by atoms with Gasteiger partial charge in [-0.2, -0.15) is 0 Å². The van der Waals surface area contributed by atoms with E-state index in [1.807, 2.05) is 0 Å². The van der Waals surface area contributed by atoms with Crippen molar-refractivity contribution in [1.82, 2.24) is 5.32 Å². The smallest absolute Gasteiger partial charge is 0.323 e. The monoisotopic (exact) mass is 407 g/mol. The third-order valence-corrected chi connectivity index (χ3v) is 4.43. The number of anilines is 1. The Balaban J connectivity index is 1.77. The van der Waals surface area contributed by atoms with Gasteiger partial charge in [-0.15, -0.1) is 0 Å². The summed E-state index contributed by atoms with van der Waals surface area (Å²) in [6, 6.07) is 6.29. The molecule has 1 aliphatic rings. The van der Waals surface area contributed by atoms with Crippen molar-refractivity contribution in [3.8, 4) is 5.75 Å². The van der Waals surface area contributed by atoms with Crippen LogP contribution in [0.1, 0.15) is 39.0 Å². The summed E-state index contributed by atoms with van der Waals surface area (Å²) in [4.78, 5) is 36.7. The zero-order chi connectivity index (χ0) is 21.2. The second-order valence-electron chi connectivity index (χ2n) is 6.96. The topological polar surface area (TPSA) is 131 Å². The molecular weight excluding hydrogens is 378 g/mol. The SMILES string of the molecule is CC(N)OC(=O)CCCCCCNC1COc2ccccc2N(CC(=O)O)C1=O. The van der Waals surface area contributed by atoms with Crippen molar-refractivity contribution < 1.29 is 29.0 Å². The van der Waals surface area contributed by atoms with Crippen molar-refractivity contribution in [3.05, 3.63) is 24.3 Å². The molecule has 1 heterocycles. The van der Waals surface area contributed by atoms with Gasteiger partial charge in [-0.25, -0.2) is 0 Å². The van der Waals surface area contributed by atoms with Gasteiger partial charge in [0.1, 0.15) is 31.2 Å². The maximum Gasteiger partial charge on any atom is 0.323 e. The van der Waals surface area contributed by atoms with Gasteiger partial charge in [-0.05, 0) is 38.4 Å². The van der Waals surface area contributed by atoms with E-state index in [1.165, 1.54) is 4.90 Å². The molecule has 4 N–H and O–H groups in total. The Morgan fingerprint density at radius 2 is 2.03 bits per heavy atom. The quantitative estimate of drug-likeness (QED) is 0.284. The van der Waals surface area contributed by atoms with E-state index in [0.717, 1.165) is 25.7 Å². The van der Waals surface area contributed by atoms with Crippen LogP contribution in [-0.4, -0.2) is 54.9 Å². The van der Waals surface area contributed by atoms with E-state index in [2.05, 4.69) is 5.32 Å². The number of nitrogens with one attached hydrogen (secondary N) is 1. The standard InChI is InChI=1S/C20H29N3O6/c1-14(21)29-19(26)10-4-2-3-7-11-22-15-13-28-17-9-6-5-8-16(17)23(20(15)27)12-18(24)25/h5-6,8-9,14-15,22H,2-4,7,10-13,21H2,1H3,(H,24,25). The highest BCUT2D eigenvalue weighted by atomic mass is 16.6. The van der Waals surface area contributed by atoms with Crippen LogP contribution in [0.5, 0.6) is 5.75 Å². The Kier molecular flexibility index (Phi) is 8.88. The van der Waals surface area contributed by atoms with E-state index in [4.69, 9.17) is 15.2 Å². The molecule has 2 atom stereocenters. The highest BCUT2D eigenvalue weighted by Crippen LogP contribution is 2.30. The van der Waals surface area contributed by atoms with Crippen molar-refractivity contribution in [2.24, 2.45) is 5.73 Å². The van der Waals surface area contributed by atoms with Gasteiger partial charge in [0.25, 0.3) is 0 Å². The molecule has 9 heteroatoms. The van der Waals surface area contributed by atoms with Crippen LogP contribution < -0.4 is 20.7 Å². The van der Waals surface area contributed by atoms with Crippen molar-refractivity contribution in [2.75, 3.05) is 24.6 Å². The molecule has 0 radical (unpaired) electrons. The summed E-state index contributed by atoms with van der Waals surface area (Å²) in [5.41, 5.74) is 5.86. The number of carboxylic acids is 1. The lowest BCUT2D eigenvalue weighted by Gasteiger charge is -2.23. The number of unbranched alkanes of at least 4 members (excludes halogenated alkanes) is 3. The van der Waals surface area contributed by atoms with Crippen molar-refractivity contribution >= 4 is 23.5 Å². The number of rotatable bonds is 11. The number of esters is 1. The lowest BCUT2D eigenvalue weighted by Crippen LogP contribution is -2.50. The fourth-order valence-corrected chi connectivity index (χ4v) is 3.09. The number of carbonyl (C=O) groups is 3. The fraction of sp³-hybridized carbons (Fsp3) is 0.550. The minimum atomic E-state index is -1.09. The van der Waals surface area contributed by atoms with Crippen LogP contribution >= 0.6 is 0 Å². The first-order valence-electron chi connectivity index (χ1n) is 9.82. The summed E-state index contributed by atoms with van der Waals surface area (Å²) in [6.45, 7) is 1.91. The Hall–Kier alpha value is -2.65. The van der Waals surface area contributed by atoms with Gasteiger partial charge < -0.3 is 19.9 Å². The predicted octanol–water partition coefficient (Wildman–Crippen LogP) is 1.25. The predicted molar refractivity (Wildman–Crippen MR) is 107 cm³/mol. The normalized spacial score (nSPS) is 17.1. The maximum absolute atomic E-state index is 12.8. The molecule has 9 nitrogen and oxygen atoms in total. The molecule has 160 valence electrons. The molecule has 0 saturated carbocycles. The van der Waals surface area contributed by atoms with E-state index in [-0.39, 0.29) is 18.5 Å². The average molecular weight is 407 g/mol. The number of carbonyl (C=O) groups excluding carboxylic acids is 2. The molecule has 1 aliphatic heterocycles. The molecule has 0 aromatic heterocycles. The largest absolute Gasteiger partial charge is 0.489 e. The highest BCUT2D eigenvalue weighted by Gasteiger charge is 2.32. The number of ether oxygens (including phenoxy) is 2. The summed E-state index contributed by atoms with van der Waals surface area (Å²) in [7, 11) is 0. The van der Waals surface area contributed by atoms with Gasteiger partial charge in [-0.1, -0.05) is 25.0 Å². The molecule has 2 unspecified atom stereocenters. The highest BCUT2D eigenvalue weighted by molar-refractivity contribution is 6.02. The molecule has 1 amide bonds. The van der Waals surface area contributed by atoms with Gasteiger partial charge in [0, 0.05) is 6.42 Å². The van der Waals surface area contributed by atoms with E-state index in [0.29, 0.717) is 24.4 Å². The number of hydrogen-bond acceptors (Lipinski definition) is 7. The van der Waals surface area contributed by atoms with Crippen LogP contribution in [0.25, 0.3) is 0 Å². The van der Waals surface area contributed by atoms with Crippen LogP contribution in [0.2, 0.25) is 0 Å². The van der Waals surface area contributed by atoms with Gasteiger partial charge in [0.05, 0.1) is 5.69 Å². The van der Waals surface area contributed by atoms with Crippen molar-refractivity contribution in [2.45, 2.75) is 51.3 Å². The molecule has 2 rings (SSSR count). The summed E-state index contributed by atoms with van der Waals surface area (Å²) >= 11 is 0. The van der Waals surface area contributed by atoms with Gasteiger partial charge >= 0.3 is 11.9 Å². The van der Waals surface area contributed by atoms with Crippen molar-refractivity contribution in [3.63, 3.8) is 0 Å². The number of nitrogens with zero attached hydrogens (tertiary/aromatic N) is 1.